The van der Waals surface area contributed by atoms with Gasteiger partial charge in [-0.15, -0.1) is 0 Å². The molecule has 0 aliphatic carbocycles. The van der Waals surface area contributed by atoms with Crippen molar-refractivity contribution in [1.29, 1.82) is 0 Å². The normalized spacial score (nSPS) is 13.1. The predicted molar refractivity (Wildman–Crippen MR) is 96.7 cm³/mol. The molecule has 1 aliphatic rings. The van der Waals surface area contributed by atoms with E-state index in [1.807, 2.05) is 19.9 Å². The third-order valence-electron chi connectivity index (χ3n) is 3.95. The molecule has 134 valence electrons. The van der Waals surface area contributed by atoms with Gasteiger partial charge >= 0.3 is 6.03 Å². The van der Waals surface area contributed by atoms with Gasteiger partial charge < -0.3 is 10.6 Å². The van der Waals surface area contributed by atoms with Gasteiger partial charge in [0.1, 0.15) is 0 Å². The molecule has 4 amide bonds. The van der Waals surface area contributed by atoms with Crippen molar-refractivity contribution in [3.63, 3.8) is 0 Å². The van der Waals surface area contributed by atoms with E-state index in [0.717, 1.165) is 5.56 Å². The van der Waals surface area contributed by atoms with E-state index in [1.165, 1.54) is 4.90 Å². The van der Waals surface area contributed by atoms with Gasteiger partial charge in [-0.1, -0.05) is 19.9 Å². The minimum absolute atomic E-state index is 0.188. The first-order valence-corrected chi connectivity index (χ1v) is 8.39. The largest absolute Gasteiger partial charge is 0.334 e. The summed E-state index contributed by atoms with van der Waals surface area (Å²) in [6.07, 6.45) is 3.33. The Labute approximate surface area is 151 Å². The molecule has 0 unspecified atom stereocenters. The summed E-state index contributed by atoms with van der Waals surface area (Å²) in [5.74, 6) is -0.419. The molecule has 1 aromatic heterocycles. The molecule has 0 atom stereocenters. The molecule has 0 bridgehead atoms. The minimum atomic E-state index is -0.399. The Hall–Kier alpha value is -3.22. The average Bonchev–Trinajstić information content (AvgIpc) is 2.85. The maximum absolute atomic E-state index is 12.5. The average molecular weight is 352 g/mol. The molecule has 0 fully saturated rings. The van der Waals surface area contributed by atoms with Crippen LogP contribution in [0, 0.1) is 5.92 Å². The molecule has 2 heterocycles. The van der Waals surface area contributed by atoms with Crippen LogP contribution in [-0.4, -0.2) is 34.3 Å². The van der Waals surface area contributed by atoms with Crippen LogP contribution in [0.2, 0.25) is 0 Å². The van der Waals surface area contributed by atoms with E-state index in [4.69, 9.17) is 0 Å². The van der Waals surface area contributed by atoms with Crippen molar-refractivity contribution in [3.05, 3.63) is 59.4 Å². The fraction of sp³-hybridized carbons (Fsp3) is 0.263. The van der Waals surface area contributed by atoms with Crippen molar-refractivity contribution in [2.24, 2.45) is 5.92 Å². The first kappa shape index (κ1) is 17.6. The van der Waals surface area contributed by atoms with Crippen molar-refractivity contribution in [2.45, 2.75) is 20.4 Å². The van der Waals surface area contributed by atoms with Crippen LogP contribution in [0.25, 0.3) is 0 Å². The molecule has 0 spiro atoms. The van der Waals surface area contributed by atoms with Gasteiger partial charge in [0.05, 0.1) is 11.1 Å². The van der Waals surface area contributed by atoms with E-state index in [0.29, 0.717) is 29.9 Å². The lowest BCUT2D eigenvalue weighted by molar-refractivity contribution is 0.0636. The number of fused-ring (bicyclic) bond motifs is 1. The minimum Gasteiger partial charge on any atom is -0.334 e. The number of benzene rings is 1. The zero-order valence-corrected chi connectivity index (χ0v) is 14.7. The second-order valence-corrected chi connectivity index (χ2v) is 6.54. The zero-order chi connectivity index (χ0) is 18.7. The molecule has 7 nitrogen and oxygen atoms in total. The Bertz CT molecular complexity index is 849. The van der Waals surface area contributed by atoms with E-state index < -0.39 is 6.03 Å². The number of carbonyl (C=O) groups excluding carboxylic acids is 3. The van der Waals surface area contributed by atoms with E-state index in [2.05, 4.69) is 15.6 Å². The molecule has 0 saturated heterocycles. The summed E-state index contributed by atoms with van der Waals surface area (Å²) in [4.78, 5) is 42.1. The van der Waals surface area contributed by atoms with Gasteiger partial charge in [-0.3, -0.25) is 19.5 Å². The van der Waals surface area contributed by atoms with Gasteiger partial charge in [0.25, 0.3) is 11.8 Å². The fourth-order valence-electron chi connectivity index (χ4n) is 2.76. The number of nitrogens with zero attached hydrogens (tertiary/aromatic N) is 2. The third kappa shape index (κ3) is 3.72. The highest BCUT2D eigenvalue weighted by Crippen LogP contribution is 2.26. The van der Waals surface area contributed by atoms with Crippen LogP contribution in [0.5, 0.6) is 0 Å². The number of anilines is 1. The quantitative estimate of drug-likeness (QED) is 0.809. The van der Waals surface area contributed by atoms with Gasteiger partial charge in [-0.25, -0.2) is 4.79 Å². The third-order valence-corrected chi connectivity index (χ3v) is 3.95. The van der Waals surface area contributed by atoms with E-state index in [1.54, 1.807) is 36.7 Å². The Morgan fingerprint density at radius 3 is 2.62 bits per heavy atom. The number of amides is 4. The Balaban J connectivity index is 1.66. The molecule has 2 N–H and O–H groups in total. The number of carbonyl (C=O) groups is 3. The number of rotatable bonds is 5. The topological polar surface area (TPSA) is 91.4 Å². The SMILES string of the molecule is CC(C)CN1C(=O)c2ccc(NC(=O)NCc3cccnc3)cc2C1=O. The number of hydrogen-bond acceptors (Lipinski definition) is 4. The number of hydrogen-bond donors (Lipinski definition) is 2. The van der Waals surface area contributed by atoms with E-state index in [9.17, 15) is 14.4 Å². The van der Waals surface area contributed by atoms with Crippen LogP contribution in [0.3, 0.4) is 0 Å². The van der Waals surface area contributed by atoms with Gasteiger partial charge in [-0.2, -0.15) is 0 Å². The number of aromatic nitrogens is 1. The molecule has 26 heavy (non-hydrogen) atoms. The summed E-state index contributed by atoms with van der Waals surface area (Å²) in [5.41, 5.74) is 2.03. The highest BCUT2D eigenvalue weighted by atomic mass is 16.2. The molecule has 1 aliphatic heterocycles. The number of nitrogens with one attached hydrogen (secondary N) is 2. The van der Waals surface area contributed by atoms with Crippen molar-refractivity contribution < 1.29 is 14.4 Å². The fourth-order valence-corrected chi connectivity index (χ4v) is 2.76. The summed E-state index contributed by atoms with van der Waals surface area (Å²) in [7, 11) is 0. The number of urea groups is 1. The standard InChI is InChI=1S/C19H20N4O3/c1-12(2)11-23-17(24)15-6-5-14(8-16(15)18(23)25)22-19(26)21-10-13-4-3-7-20-9-13/h3-9,12H,10-11H2,1-2H3,(H2,21,22,26). The first-order chi connectivity index (χ1) is 12.5. The summed E-state index contributed by atoms with van der Waals surface area (Å²) < 4.78 is 0. The number of pyridine rings is 1. The molecule has 3 rings (SSSR count). The van der Waals surface area contributed by atoms with E-state index in [-0.39, 0.29) is 17.7 Å². The maximum Gasteiger partial charge on any atom is 0.319 e. The van der Waals surface area contributed by atoms with Gasteiger partial charge in [0, 0.05) is 31.2 Å². The smallest absolute Gasteiger partial charge is 0.319 e. The zero-order valence-electron chi connectivity index (χ0n) is 14.7. The van der Waals surface area contributed by atoms with Crippen molar-refractivity contribution in [3.8, 4) is 0 Å². The summed E-state index contributed by atoms with van der Waals surface area (Å²) in [6, 6.07) is 7.99. The lowest BCUT2D eigenvalue weighted by atomic mass is 10.1. The van der Waals surface area contributed by atoms with E-state index >= 15 is 0 Å². The second kappa shape index (κ2) is 7.35. The lowest BCUT2D eigenvalue weighted by Crippen LogP contribution is -2.33. The predicted octanol–water partition coefficient (Wildman–Crippen LogP) is 2.66. The van der Waals surface area contributed by atoms with Crippen LogP contribution in [-0.2, 0) is 6.54 Å². The van der Waals surface area contributed by atoms with Crippen molar-refractivity contribution in [2.75, 3.05) is 11.9 Å². The van der Waals surface area contributed by atoms with Crippen LogP contribution in [0.15, 0.2) is 42.7 Å². The Morgan fingerprint density at radius 1 is 1.15 bits per heavy atom. The Morgan fingerprint density at radius 2 is 1.92 bits per heavy atom. The maximum atomic E-state index is 12.5. The second-order valence-electron chi connectivity index (χ2n) is 6.54. The summed E-state index contributed by atoms with van der Waals surface area (Å²) in [6.45, 7) is 4.61. The Kier molecular flexibility index (Phi) is 4.97. The first-order valence-electron chi connectivity index (χ1n) is 8.39. The monoisotopic (exact) mass is 352 g/mol. The van der Waals surface area contributed by atoms with Crippen LogP contribution >= 0.6 is 0 Å². The van der Waals surface area contributed by atoms with Crippen molar-refractivity contribution in [1.82, 2.24) is 15.2 Å². The molecule has 0 saturated carbocycles. The molecule has 1 aromatic carbocycles. The molecule has 7 heteroatoms. The lowest BCUT2D eigenvalue weighted by Gasteiger charge is -2.15. The van der Waals surface area contributed by atoms with Gasteiger partial charge in [0.2, 0.25) is 0 Å². The molecule has 0 radical (unpaired) electrons. The molecular weight excluding hydrogens is 332 g/mol. The summed E-state index contributed by atoms with van der Waals surface area (Å²) >= 11 is 0. The van der Waals surface area contributed by atoms with Gasteiger partial charge in [0.15, 0.2) is 0 Å². The molecule has 2 aromatic rings. The van der Waals surface area contributed by atoms with Gasteiger partial charge in [-0.05, 0) is 35.7 Å². The summed E-state index contributed by atoms with van der Waals surface area (Å²) in [5, 5.41) is 5.40. The highest BCUT2D eigenvalue weighted by Gasteiger charge is 2.35. The van der Waals surface area contributed by atoms with Crippen molar-refractivity contribution >= 4 is 23.5 Å². The molecular formula is C19H20N4O3. The van der Waals surface area contributed by atoms with Crippen LogP contribution < -0.4 is 10.6 Å². The highest BCUT2D eigenvalue weighted by molar-refractivity contribution is 6.21. The van der Waals surface area contributed by atoms with Crippen LogP contribution in [0.4, 0.5) is 10.5 Å². The van der Waals surface area contributed by atoms with Crippen LogP contribution in [0.1, 0.15) is 40.1 Å². The number of imide groups is 1.